The van der Waals surface area contributed by atoms with Crippen molar-refractivity contribution in [2.75, 3.05) is 13.1 Å². The molecule has 4 heteroatoms. The van der Waals surface area contributed by atoms with E-state index >= 15 is 0 Å². The van der Waals surface area contributed by atoms with Crippen LogP contribution < -0.4 is 5.32 Å². The first kappa shape index (κ1) is 11.6. The van der Waals surface area contributed by atoms with Crippen molar-refractivity contribution >= 4 is 0 Å². The van der Waals surface area contributed by atoms with E-state index in [9.17, 15) is 0 Å². The zero-order valence-electron chi connectivity index (χ0n) is 10.2. The molecule has 1 atom stereocenters. The normalized spacial score (nSPS) is 22.3. The highest BCUT2D eigenvalue weighted by Gasteiger charge is 2.20. The summed E-state index contributed by atoms with van der Waals surface area (Å²) in [6, 6.07) is 0. The highest BCUT2D eigenvalue weighted by molar-refractivity contribution is 4.95. The van der Waals surface area contributed by atoms with Gasteiger partial charge in [0.2, 0.25) is 5.89 Å². The summed E-state index contributed by atoms with van der Waals surface area (Å²) < 4.78 is 5.37. The summed E-state index contributed by atoms with van der Waals surface area (Å²) >= 11 is 0. The van der Waals surface area contributed by atoms with Crippen molar-refractivity contribution < 1.29 is 4.52 Å². The minimum Gasteiger partial charge on any atom is -0.339 e. The topological polar surface area (TPSA) is 51.0 Å². The van der Waals surface area contributed by atoms with Gasteiger partial charge in [0, 0.05) is 12.3 Å². The van der Waals surface area contributed by atoms with Crippen LogP contribution in [0.5, 0.6) is 0 Å². The van der Waals surface area contributed by atoms with Crippen molar-refractivity contribution in [2.45, 2.75) is 45.4 Å². The van der Waals surface area contributed by atoms with Crippen LogP contribution in [0, 0.1) is 5.92 Å². The smallest absolute Gasteiger partial charge is 0.229 e. The molecule has 1 aliphatic rings. The van der Waals surface area contributed by atoms with E-state index in [-0.39, 0.29) is 0 Å². The van der Waals surface area contributed by atoms with Crippen molar-refractivity contribution in [3.05, 3.63) is 11.7 Å². The molecule has 16 heavy (non-hydrogen) atoms. The summed E-state index contributed by atoms with van der Waals surface area (Å²) in [6.07, 6.45) is 4.39. The van der Waals surface area contributed by atoms with E-state index < -0.39 is 0 Å². The largest absolute Gasteiger partial charge is 0.339 e. The summed E-state index contributed by atoms with van der Waals surface area (Å²) in [5.41, 5.74) is 0. The first-order chi connectivity index (χ1) is 7.75. The van der Waals surface area contributed by atoms with Gasteiger partial charge in [-0.05, 0) is 38.3 Å². The minimum atomic E-state index is 0.461. The van der Waals surface area contributed by atoms with Crippen LogP contribution in [0.2, 0.25) is 0 Å². The third-order valence-corrected chi connectivity index (χ3v) is 3.00. The number of hydrogen-bond acceptors (Lipinski definition) is 4. The molecule has 0 amide bonds. The van der Waals surface area contributed by atoms with Gasteiger partial charge in [-0.3, -0.25) is 0 Å². The third-order valence-electron chi connectivity index (χ3n) is 3.00. The molecule has 2 heterocycles. The van der Waals surface area contributed by atoms with Gasteiger partial charge in [0.25, 0.3) is 0 Å². The van der Waals surface area contributed by atoms with E-state index in [1.807, 2.05) is 0 Å². The summed E-state index contributed by atoms with van der Waals surface area (Å²) in [5, 5.41) is 7.45. The maximum absolute atomic E-state index is 5.37. The summed E-state index contributed by atoms with van der Waals surface area (Å²) in [7, 11) is 0. The number of hydrogen-bond donors (Lipinski definition) is 1. The van der Waals surface area contributed by atoms with Gasteiger partial charge in [-0.15, -0.1) is 0 Å². The van der Waals surface area contributed by atoms with Crippen LogP contribution in [0.25, 0.3) is 0 Å². The first-order valence-electron chi connectivity index (χ1n) is 6.29. The zero-order valence-corrected chi connectivity index (χ0v) is 10.2. The van der Waals surface area contributed by atoms with Gasteiger partial charge in [-0.25, -0.2) is 0 Å². The molecule has 0 unspecified atom stereocenters. The predicted molar refractivity (Wildman–Crippen MR) is 62.3 cm³/mol. The molecule has 0 saturated carbocycles. The van der Waals surface area contributed by atoms with Crippen molar-refractivity contribution in [2.24, 2.45) is 5.92 Å². The van der Waals surface area contributed by atoms with Gasteiger partial charge in [0.05, 0.1) is 0 Å². The molecule has 0 aliphatic carbocycles. The lowest BCUT2D eigenvalue weighted by molar-refractivity contribution is 0.338. The van der Waals surface area contributed by atoms with Gasteiger partial charge >= 0.3 is 0 Å². The molecule has 0 bridgehead atoms. The first-order valence-corrected chi connectivity index (χ1v) is 6.29. The lowest BCUT2D eigenvalue weighted by Crippen LogP contribution is -2.13. The van der Waals surface area contributed by atoms with Crippen LogP contribution in [0.1, 0.15) is 50.7 Å². The monoisotopic (exact) mass is 223 g/mol. The van der Waals surface area contributed by atoms with Crippen LogP contribution in [0.3, 0.4) is 0 Å². The Morgan fingerprint density at radius 3 is 3.06 bits per heavy atom. The van der Waals surface area contributed by atoms with Crippen LogP contribution in [-0.2, 0) is 6.42 Å². The number of nitrogens with zero attached hydrogens (tertiary/aromatic N) is 2. The number of nitrogens with one attached hydrogen (secondary N) is 1. The molecule has 1 aromatic heterocycles. The lowest BCUT2D eigenvalue weighted by Gasteiger charge is -2.06. The van der Waals surface area contributed by atoms with E-state index in [2.05, 4.69) is 29.3 Å². The Morgan fingerprint density at radius 2 is 2.25 bits per heavy atom. The van der Waals surface area contributed by atoms with Gasteiger partial charge in [-0.2, -0.15) is 4.98 Å². The number of rotatable bonds is 3. The molecule has 1 aliphatic heterocycles. The summed E-state index contributed by atoms with van der Waals surface area (Å²) in [4.78, 5) is 4.51. The minimum absolute atomic E-state index is 0.461. The average Bonchev–Trinajstić information content (AvgIpc) is 2.53. The van der Waals surface area contributed by atoms with Crippen molar-refractivity contribution in [1.29, 1.82) is 0 Å². The standard InChI is InChI=1S/C12H21N3O/c1-9(2)8-11-14-12(16-15-11)10-4-3-6-13-7-5-10/h9-10,13H,3-8H2,1-2H3/t10-/m0/s1. The SMILES string of the molecule is CC(C)Cc1noc([C@H]2CCCNCC2)n1. The zero-order chi connectivity index (χ0) is 11.4. The maximum atomic E-state index is 5.37. The van der Waals surface area contributed by atoms with Crippen molar-refractivity contribution in [1.82, 2.24) is 15.5 Å². The van der Waals surface area contributed by atoms with Crippen molar-refractivity contribution in [3.63, 3.8) is 0 Å². The molecule has 0 aromatic carbocycles. The summed E-state index contributed by atoms with van der Waals surface area (Å²) in [5.74, 6) is 2.76. The highest BCUT2D eigenvalue weighted by atomic mass is 16.5. The second-order valence-corrected chi connectivity index (χ2v) is 5.02. The molecular formula is C12H21N3O. The Balaban J connectivity index is 1.99. The molecule has 1 fully saturated rings. The van der Waals surface area contributed by atoms with Crippen LogP contribution >= 0.6 is 0 Å². The van der Waals surface area contributed by atoms with Crippen LogP contribution in [-0.4, -0.2) is 23.2 Å². The predicted octanol–water partition coefficient (Wildman–Crippen LogP) is 2.13. The molecular weight excluding hydrogens is 202 g/mol. The van der Waals surface area contributed by atoms with Crippen LogP contribution in [0.15, 0.2) is 4.52 Å². The Morgan fingerprint density at radius 1 is 1.38 bits per heavy atom. The van der Waals surface area contributed by atoms with E-state index in [1.165, 1.54) is 6.42 Å². The second-order valence-electron chi connectivity index (χ2n) is 5.02. The van der Waals surface area contributed by atoms with Gasteiger partial charge in [-0.1, -0.05) is 19.0 Å². The Kier molecular flexibility index (Phi) is 3.93. The molecule has 1 N–H and O–H groups in total. The van der Waals surface area contributed by atoms with Gasteiger partial charge < -0.3 is 9.84 Å². The van der Waals surface area contributed by atoms with Gasteiger partial charge in [0.15, 0.2) is 5.82 Å². The third kappa shape index (κ3) is 3.04. The Hall–Kier alpha value is -0.900. The molecule has 0 radical (unpaired) electrons. The quantitative estimate of drug-likeness (QED) is 0.852. The lowest BCUT2D eigenvalue weighted by atomic mass is 10.0. The fraction of sp³-hybridized carbons (Fsp3) is 0.833. The van der Waals surface area contributed by atoms with E-state index in [1.54, 1.807) is 0 Å². The Bertz CT molecular complexity index is 314. The van der Waals surface area contributed by atoms with Gasteiger partial charge in [0.1, 0.15) is 0 Å². The van der Waals surface area contributed by atoms with E-state index in [0.29, 0.717) is 11.8 Å². The second kappa shape index (κ2) is 5.43. The number of aromatic nitrogens is 2. The van der Waals surface area contributed by atoms with Crippen molar-refractivity contribution in [3.8, 4) is 0 Å². The molecule has 2 rings (SSSR count). The fourth-order valence-corrected chi connectivity index (χ4v) is 2.15. The molecule has 0 spiro atoms. The molecule has 4 nitrogen and oxygen atoms in total. The Labute approximate surface area is 96.8 Å². The average molecular weight is 223 g/mol. The van der Waals surface area contributed by atoms with E-state index in [0.717, 1.165) is 44.1 Å². The highest BCUT2D eigenvalue weighted by Crippen LogP contribution is 2.24. The van der Waals surface area contributed by atoms with E-state index in [4.69, 9.17) is 4.52 Å². The summed E-state index contributed by atoms with van der Waals surface area (Å²) in [6.45, 7) is 6.52. The van der Waals surface area contributed by atoms with Crippen LogP contribution in [0.4, 0.5) is 0 Å². The molecule has 90 valence electrons. The molecule has 1 saturated heterocycles. The fourth-order valence-electron chi connectivity index (χ4n) is 2.15. The maximum Gasteiger partial charge on any atom is 0.229 e. The molecule has 1 aromatic rings.